The molecule has 0 saturated carbocycles. The van der Waals surface area contributed by atoms with Crippen molar-refractivity contribution in [2.45, 2.75) is 12.8 Å². The molecule has 0 atom stereocenters. The van der Waals surface area contributed by atoms with Crippen LogP contribution in [0.15, 0.2) is 54.6 Å². The Bertz CT molecular complexity index is 474. The van der Waals surface area contributed by atoms with E-state index in [-0.39, 0.29) is 0 Å². The number of hydrogen-bond donors (Lipinski definition) is 0. The first-order valence-corrected chi connectivity index (χ1v) is 6.08. The molecule has 0 aliphatic carbocycles. The highest BCUT2D eigenvalue weighted by atomic mass is 16.5. The van der Waals surface area contributed by atoms with E-state index in [2.05, 4.69) is 24.3 Å². The van der Waals surface area contributed by atoms with Crippen LogP contribution in [0.2, 0.25) is 0 Å². The van der Waals surface area contributed by atoms with Gasteiger partial charge in [-0.1, -0.05) is 42.5 Å². The summed E-state index contributed by atoms with van der Waals surface area (Å²) in [6.45, 7) is 0.446. The maximum Gasteiger partial charge on any atom is 0.123 e. The Morgan fingerprint density at radius 3 is 2.22 bits per heavy atom. The number of ether oxygens (including phenoxy) is 1. The van der Waals surface area contributed by atoms with E-state index >= 15 is 0 Å². The predicted octanol–water partition coefficient (Wildman–Crippen LogP) is 3.25. The minimum atomic E-state index is 0.436. The highest BCUT2D eigenvalue weighted by molar-refractivity contribution is 5.49. The maximum absolute atomic E-state index is 10.2. The van der Waals surface area contributed by atoms with Crippen LogP contribution < -0.4 is 4.74 Å². The molecule has 0 aliphatic heterocycles. The van der Waals surface area contributed by atoms with Crippen LogP contribution in [0.5, 0.6) is 5.75 Å². The van der Waals surface area contributed by atoms with Gasteiger partial charge in [0, 0.05) is 6.42 Å². The molecule has 0 fully saturated rings. The molecule has 92 valence electrons. The summed E-state index contributed by atoms with van der Waals surface area (Å²) in [5.41, 5.74) is 2.55. The van der Waals surface area contributed by atoms with Gasteiger partial charge < -0.3 is 9.53 Å². The van der Waals surface area contributed by atoms with Crippen LogP contribution in [0.3, 0.4) is 0 Å². The van der Waals surface area contributed by atoms with Gasteiger partial charge in [-0.05, 0) is 29.7 Å². The fraction of sp³-hybridized carbons (Fsp3) is 0.188. The van der Waals surface area contributed by atoms with E-state index in [4.69, 9.17) is 4.74 Å². The number of aldehydes is 1. The number of carbonyl (C=O) groups excluding carboxylic acids is 1. The van der Waals surface area contributed by atoms with Gasteiger partial charge in [0.25, 0.3) is 0 Å². The monoisotopic (exact) mass is 240 g/mol. The molecular weight excluding hydrogens is 224 g/mol. The Morgan fingerprint density at radius 2 is 1.56 bits per heavy atom. The van der Waals surface area contributed by atoms with Gasteiger partial charge in [-0.15, -0.1) is 0 Å². The smallest absolute Gasteiger partial charge is 0.123 e. The molecule has 2 aromatic rings. The van der Waals surface area contributed by atoms with Crippen molar-refractivity contribution < 1.29 is 9.53 Å². The molecule has 0 aromatic heterocycles. The molecule has 0 N–H and O–H groups in total. The number of benzene rings is 2. The molecule has 0 amide bonds. The molecule has 2 rings (SSSR count). The number of carbonyl (C=O) groups is 1. The molecule has 0 saturated heterocycles. The molecule has 0 unspecified atom stereocenters. The lowest BCUT2D eigenvalue weighted by molar-refractivity contribution is -0.108. The van der Waals surface area contributed by atoms with Crippen molar-refractivity contribution in [2.75, 3.05) is 6.61 Å². The second kappa shape index (κ2) is 6.60. The van der Waals surface area contributed by atoms with Crippen molar-refractivity contribution in [3.63, 3.8) is 0 Å². The summed E-state index contributed by atoms with van der Waals surface area (Å²) in [5, 5.41) is 0. The second-order valence-electron chi connectivity index (χ2n) is 4.11. The van der Waals surface area contributed by atoms with Gasteiger partial charge in [0.15, 0.2) is 0 Å². The average molecular weight is 240 g/mol. The summed E-state index contributed by atoms with van der Waals surface area (Å²) in [5.74, 6) is 0.814. The molecule has 0 aliphatic rings. The van der Waals surface area contributed by atoms with Crippen molar-refractivity contribution in [1.29, 1.82) is 0 Å². The first-order chi connectivity index (χ1) is 8.88. The average Bonchev–Trinajstić information content (AvgIpc) is 2.42. The Hall–Kier alpha value is -2.09. The van der Waals surface area contributed by atoms with Crippen LogP contribution in [-0.2, 0) is 11.2 Å². The van der Waals surface area contributed by atoms with Gasteiger partial charge in [0.2, 0.25) is 0 Å². The van der Waals surface area contributed by atoms with E-state index in [1.807, 2.05) is 30.3 Å². The summed E-state index contributed by atoms with van der Waals surface area (Å²) in [7, 11) is 0. The van der Waals surface area contributed by atoms with E-state index in [1.165, 1.54) is 11.1 Å². The van der Waals surface area contributed by atoms with Crippen LogP contribution >= 0.6 is 0 Å². The minimum absolute atomic E-state index is 0.436. The van der Waals surface area contributed by atoms with Gasteiger partial charge in [-0.3, -0.25) is 0 Å². The quantitative estimate of drug-likeness (QED) is 0.572. The molecule has 2 heteroatoms. The van der Waals surface area contributed by atoms with E-state index in [0.717, 1.165) is 18.5 Å². The molecule has 2 aromatic carbocycles. The van der Waals surface area contributed by atoms with Gasteiger partial charge >= 0.3 is 0 Å². The van der Waals surface area contributed by atoms with E-state index in [9.17, 15) is 4.79 Å². The molecule has 18 heavy (non-hydrogen) atoms. The van der Waals surface area contributed by atoms with Gasteiger partial charge in [-0.2, -0.15) is 0 Å². The maximum atomic E-state index is 10.2. The van der Waals surface area contributed by atoms with Crippen molar-refractivity contribution in [2.24, 2.45) is 0 Å². The first kappa shape index (κ1) is 12.4. The fourth-order valence-corrected chi connectivity index (χ4v) is 1.76. The normalized spacial score (nSPS) is 10.0. The summed E-state index contributed by atoms with van der Waals surface area (Å²) < 4.78 is 5.42. The molecule has 0 radical (unpaired) electrons. The Labute approximate surface area is 107 Å². The SMILES string of the molecule is O=CCCOc1ccc(Cc2ccccc2)cc1. The Kier molecular flexibility index (Phi) is 4.53. The first-order valence-electron chi connectivity index (χ1n) is 6.08. The minimum Gasteiger partial charge on any atom is -0.493 e. The summed E-state index contributed by atoms with van der Waals surface area (Å²) >= 11 is 0. The highest BCUT2D eigenvalue weighted by Crippen LogP contribution is 2.15. The largest absolute Gasteiger partial charge is 0.493 e. The van der Waals surface area contributed by atoms with Crippen molar-refractivity contribution in [3.8, 4) is 5.75 Å². The third kappa shape index (κ3) is 3.74. The third-order valence-corrected chi connectivity index (χ3v) is 2.68. The van der Waals surface area contributed by atoms with Gasteiger partial charge in [-0.25, -0.2) is 0 Å². The molecule has 0 heterocycles. The Morgan fingerprint density at radius 1 is 0.889 bits per heavy atom. The van der Waals surface area contributed by atoms with E-state index in [0.29, 0.717) is 13.0 Å². The van der Waals surface area contributed by atoms with Crippen molar-refractivity contribution >= 4 is 6.29 Å². The van der Waals surface area contributed by atoms with Gasteiger partial charge in [0.1, 0.15) is 12.0 Å². The van der Waals surface area contributed by atoms with Crippen LogP contribution in [0.25, 0.3) is 0 Å². The second-order valence-corrected chi connectivity index (χ2v) is 4.11. The van der Waals surface area contributed by atoms with Gasteiger partial charge in [0.05, 0.1) is 6.61 Å². The molecule has 0 bridgehead atoms. The summed E-state index contributed by atoms with van der Waals surface area (Å²) in [6.07, 6.45) is 2.23. The fourth-order valence-electron chi connectivity index (χ4n) is 1.76. The highest BCUT2D eigenvalue weighted by Gasteiger charge is 1.97. The zero-order valence-corrected chi connectivity index (χ0v) is 10.2. The lowest BCUT2D eigenvalue weighted by Crippen LogP contribution is -1.97. The van der Waals surface area contributed by atoms with Crippen LogP contribution in [0.4, 0.5) is 0 Å². The number of rotatable bonds is 6. The predicted molar refractivity (Wildman–Crippen MR) is 71.9 cm³/mol. The summed E-state index contributed by atoms with van der Waals surface area (Å²) in [6, 6.07) is 18.4. The summed E-state index contributed by atoms with van der Waals surface area (Å²) in [4.78, 5) is 10.2. The zero-order chi connectivity index (χ0) is 12.6. The lowest BCUT2D eigenvalue weighted by atomic mass is 10.1. The van der Waals surface area contributed by atoms with Crippen molar-refractivity contribution in [1.82, 2.24) is 0 Å². The van der Waals surface area contributed by atoms with Crippen LogP contribution in [0.1, 0.15) is 17.5 Å². The van der Waals surface area contributed by atoms with E-state index < -0.39 is 0 Å². The van der Waals surface area contributed by atoms with Crippen LogP contribution in [0, 0.1) is 0 Å². The zero-order valence-electron chi connectivity index (χ0n) is 10.2. The number of hydrogen-bond acceptors (Lipinski definition) is 2. The Balaban J connectivity index is 1.93. The standard InChI is InChI=1S/C16H16O2/c17-11-4-12-18-16-9-7-15(8-10-16)13-14-5-2-1-3-6-14/h1-3,5-11H,4,12-13H2. The molecule has 2 nitrogen and oxygen atoms in total. The molecule has 0 spiro atoms. The van der Waals surface area contributed by atoms with Crippen molar-refractivity contribution in [3.05, 3.63) is 65.7 Å². The van der Waals surface area contributed by atoms with Crippen LogP contribution in [-0.4, -0.2) is 12.9 Å². The third-order valence-electron chi connectivity index (χ3n) is 2.68. The molecular formula is C16H16O2. The lowest BCUT2D eigenvalue weighted by Gasteiger charge is -2.06. The topological polar surface area (TPSA) is 26.3 Å². The van der Waals surface area contributed by atoms with E-state index in [1.54, 1.807) is 0 Å².